The number of hydrogen-bond acceptors (Lipinski definition) is 4. The van der Waals surface area contributed by atoms with E-state index in [9.17, 15) is 13.2 Å². The van der Waals surface area contributed by atoms with Gasteiger partial charge in [0.2, 0.25) is 0 Å². The maximum atomic E-state index is 13.0. The molecule has 4 N–H and O–H groups in total. The van der Waals surface area contributed by atoms with Crippen LogP contribution < -0.4 is 11.1 Å². The number of halogens is 5. The van der Waals surface area contributed by atoms with Crippen LogP contribution in [-0.4, -0.2) is 41.0 Å². The highest BCUT2D eigenvalue weighted by Crippen LogP contribution is 2.35. The van der Waals surface area contributed by atoms with Crippen LogP contribution in [0.5, 0.6) is 0 Å². The molecule has 5 nitrogen and oxygen atoms in total. The van der Waals surface area contributed by atoms with Crippen molar-refractivity contribution in [1.29, 1.82) is 0 Å². The standard InChI is InChI=1S/C20H20Cl2F3N5/c21-11-1-3-15-13(9-11)12-5-7-30(16(10-26)18(12)28-15)8-6-27-17-4-2-14(22)19(29-17)20(23,24)25/h1-4,9,16,28H,5-8,10,26H2,(H,27,29). The van der Waals surface area contributed by atoms with Crippen molar-refractivity contribution in [3.8, 4) is 0 Å². The lowest BCUT2D eigenvalue weighted by Crippen LogP contribution is -2.41. The summed E-state index contributed by atoms with van der Waals surface area (Å²) < 4.78 is 39.0. The fourth-order valence-electron chi connectivity index (χ4n) is 3.99. The van der Waals surface area contributed by atoms with E-state index < -0.39 is 16.9 Å². The molecule has 30 heavy (non-hydrogen) atoms. The van der Waals surface area contributed by atoms with Crippen LogP contribution in [-0.2, 0) is 12.6 Å². The average molecular weight is 458 g/mol. The molecule has 0 saturated heterocycles. The van der Waals surface area contributed by atoms with E-state index in [-0.39, 0.29) is 11.9 Å². The van der Waals surface area contributed by atoms with Crippen LogP contribution in [0.1, 0.15) is 23.0 Å². The smallest absolute Gasteiger partial charge is 0.369 e. The number of aromatic amines is 1. The minimum atomic E-state index is -4.60. The Morgan fingerprint density at radius 1 is 1.23 bits per heavy atom. The minimum Gasteiger partial charge on any atom is -0.369 e. The molecule has 0 radical (unpaired) electrons. The molecule has 0 fully saturated rings. The number of H-pyrrole nitrogens is 1. The number of nitrogens with two attached hydrogens (primary N) is 1. The van der Waals surface area contributed by atoms with Crippen molar-refractivity contribution in [1.82, 2.24) is 14.9 Å². The van der Waals surface area contributed by atoms with Gasteiger partial charge in [-0.15, -0.1) is 0 Å². The monoisotopic (exact) mass is 457 g/mol. The molecule has 1 aliphatic heterocycles. The van der Waals surface area contributed by atoms with Gasteiger partial charge in [0.05, 0.1) is 11.1 Å². The van der Waals surface area contributed by atoms with E-state index in [0.29, 0.717) is 24.7 Å². The Hall–Kier alpha value is -2.00. The number of pyridine rings is 1. The zero-order chi connectivity index (χ0) is 21.5. The van der Waals surface area contributed by atoms with Crippen LogP contribution in [0.25, 0.3) is 10.9 Å². The Labute approximate surface area is 181 Å². The van der Waals surface area contributed by atoms with Crippen molar-refractivity contribution < 1.29 is 13.2 Å². The number of nitrogens with zero attached hydrogens (tertiary/aromatic N) is 2. The van der Waals surface area contributed by atoms with Crippen LogP contribution in [0.2, 0.25) is 10.0 Å². The van der Waals surface area contributed by atoms with Crippen molar-refractivity contribution in [2.45, 2.75) is 18.6 Å². The van der Waals surface area contributed by atoms with E-state index >= 15 is 0 Å². The molecule has 1 unspecified atom stereocenters. The lowest BCUT2D eigenvalue weighted by Gasteiger charge is -2.35. The number of nitrogens with one attached hydrogen (secondary N) is 2. The first-order valence-corrected chi connectivity index (χ1v) is 10.2. The summed E-state index contributed by atoms with van der Waals surface area (Å²) in [5, 5.41) is 4.34. The van der Waals surface area contributed by atoms with E-state index in [1.54, 1.807) is 0 Å². The zero-order valence-electron chi connectivity index (χ0n) is 15.9. The van der Waals surface area contributed by atoms with Gasteiger partial charge < -0.3 is 16.0 Å². The second kappa shape index (κ2) is 8.26. The highest BCUT2D eigenvalue weighted by atomic mass is 35.5. The summed E-state index contributed by atoms with van der Waals surface area (Å²) in [5.74, 6) is 0.133. The maximum absolute atomic E-state index is 13.0. The number of aromatic nitrogens is 2. The average Bonchev–Trinajstić information content (AvgIpc) is 3.06. The first kappa shape index (κ1) is 21.2. The number of benzene rings is 1. The molecule has 1 aliphatic rings. The highest BCUT2D eigenvalue weighted by Gasteiger charge is 2.35. The van der Waals surface area contributed by atoms with Crippen LogP contribution in [0.4, 0.5) is 19.0 Å². The highest BCUT2D eigenvalue weighted by molar-refractivity contribution is 6.31. The van der Waals surface area contributed by atoms with Crippen molar-refractivity contribution in [3.63, 3.8) is 0 Å². The molecular formula is C20H20Cl2F3N5. The normalized spacial score (nSPS) is 17.3. The summed E-state index contributed by atoms with van der Waals surface area (Å²) in [6.07, 6.45) is -3.76. The van der Waals surface area contributed by atoms with E-state index in [1.165, 1.54) is 17.7 Å². The van der Waals surface area contributed by atoms with Gasteiger partial charge in [-0.3, -0.25) is 4.90 Å². The summed E-state index contributed by atoms with van der Waals surface area (Å²) >= 11 is 11.8. The molecule has 160 valence electrons. The van der Waals surface area contributed by atoms with Crippen molar-refractivity contribution in [3.05, 3.63) is 57.3 Å². The summed E-state index contributed by atoms with van der Waals surface area (Å²) in [6.45, 7) is 2.23. The van der Waals surface area contributed by atoms with E-state index in [1.807, 2.05) is 18.2 Å². The first-order valence-electron chi connectivity index (χ1n) is 9.49. The van der Waals surface area contributed by atoms with Gasteiger partial charge in [-0.05, 0) is 42.3 Å². The van der Waals surface area contributed by atoms with Gasteiger partial charge in [-0.1, -0.05) is 23.2 Å². The lowest BCUT2D eigenvalue weighted by molar-refractivity contribution is -0.141. The molecule has 2 aromatic heterocycles. The second-order valence-corrected chi connectivity index (χ2v) is 8.04. The van der Waals surface area contributed by atoms with Gasteiger partial charge in [-0.25, -0.2) is 4.98 Å². The largest absolute Gasteiger partial charge is 0.434 e. The predicted molar refractivity (Wildman–Crippen MR) is 113 cm³/mol. The minimum absolute atomic E-state index is 0.00867. The van der Waals surface area contributed by atoms with Crippen LogP contribution in [0.15, 0.2) is 30.3 Å². The van der Waals surface area contributed by atoms with Gasteiger partial charge in [0.25, 0.3) is 0 Å². The Morgan fingerprint density at radius 3 is 2.77 bits per heavy atom. The van der Waals surface area contributed by atoms with Gasteiger partial charge in [0.15, 0.2) is 5.69 Å². The maximum Gasteiger partial charge on any atom is 0.434 e. The fourth-order valence-corrected chi connectivity index (χ4v) is 4.37. The van der Waals surface area contributed by atoms with E-state index in [0.717, 1.165) is 29.6 Å². The third-order valence-electron chi connectivity index (χ3n) is 5.37. The summed E-state index contributed by atoms with van der Waals surface area (Å²) in [5.41, 5.74) is 8.30. The summed E-state index contributed by atoms with van der Waals surface area (Å²) in [6, 6.07) is 8.39. The number of fused-ring (bicyclic) bond motifs is 3. The van der Waals surface area contributed by atoms with Crippen LogP contribution >= 0.6 is 23.2 Å². The van der Waals surface area contributed by atoms with Crippen molar-refractivity contribution in [2.24, 2.45) is 5.73 Å². The van der Waals surface area contributed by atoms with Crippen molar-refractivity contribution >= 4 is 39.9 Å². The van der Waals surface area contributed by atoms with Crippen LogP contribution in [0, 0.1) is 0 Å². The Bertz CT molecular complexity index is 1070. The van der Waals surface area contributed by atoms with Gasteiger partial charge >= 0.3 is 6.18 Å². The molecule has 4 rings (SSSR count). The number of alkyl halides is 3. The van der Waals surface area contributed by atoms with Gasteiger partial charge in [-0.2, -0.15) is 13.2 Å². The molecule has 3 aromatic rings. The molecule has 0 bridgehead atoms. The molecule has 0 amide bonds. The number of hydrogen-bond donors (Lipinski definition) is 3. The molecule has 0 saturated carbocycles. The predicted octanol–water partition coefficient (Wildman–Crippen LogP) is 4.86. The van der Waals surface area contributed by atoms with Crippen molar-refractivity contribution in [2.75, 3.05) is 31.5 Å². The molecule has 1 aromatic carbocycles. The second-order valence-electron chi connectivity index (χ2n) is 7.20. The quantitative estimate of drug-likeness (QED) is 0.511. The molecular weight excluding hydrogens is 438 g/mol. The Balaban J connectivity index is 1.47. The number of rotatable bonds is 5. The molecule has 10 heteroatoms. The van der Waals surface area contributed by atoms with Crippen LogP contribution in [0.3, 0.4) is 0 Å². The third kappa shape index (κ3) is 4.09. The Morgan fingerprint density at radius 2 is 2.03 bits per heavy atom. The SMILES string of the molecule is NCC1c2[nH]c3ccc(Cl)cc3c2CCN1CCNc1ccc(Cl)c(C(F)(F)F)n1. The lowest BCUT2D eigenvalue weighted by atomic mass is 9.97. The fraction of sp³-hybridized carbons (Fsp3) is 0.350. The molecule has 3 heterocycles. The van der Waals surface area contributed by atoms with Gasteiger partial charge in [0, 0.05) is 47.8 Å². The summed E-state index contributed by atoms with van der Waals surface area (Å²) in [7, 11) is 0. The molecule has 1 atom stereocenters. The zero-order valence-corrected chi connectivity index (χ0v) is 17.4. The summed E-state index contributed by atoms with van der Waals surface area (Å²) in [4.78, 5) is 9.28. The topological polar surface area (TPSA) is 70.0 Å². The molecule has 0 spiro atoms. The van der Waals surface area contributed by atoms with Gasteiger partial charge in [0.1, 0.15) is 5.82 Å². The first-order chi connectivity index (χ1) is 14.3. The van der Waals surface area contributed by atoms with E-state index in [4.69, 9.17) is 28.9 Å². The third-order valence-corrected chi connectivity index (χ3v) is 5.91. The Kier molecular flexibility index (Phi) is 5.85. The molecule has 0 aliphatic carbocycles. The van der Waals surface area contributed by atoms with E-state index in [2.05, 4.69) is 20.2 Å². The number of anilines is 1.